The molecule has 0 saturated heterocycles. The maximum Gasteiger partial charge on any atom is 0.226 e. The van der Waals surface area contributed by atoms with Crippen molar-refractivity contribution in [3.63, 3.8) is 0 Å². The van der Waals surface area contributed by atoms with Crippen molar-refractivity contribution >= 4 is 17.3 Å². The largest absolute Gasteiger partial charge is 0.478 e. The average Bonchev–Trinajstić information content (AvgIpc) is 2.87. The molecule has 0 bridgehead atoms. The van der Waals surface area contributed by atoms with Crippen LogP contribution in [0.3, 0.4) is 0 Å². The number of ether oxygens (including phenoxy) is 1. The number of thiophene rings is 1. The van der Waals surface area contributed by atoms with Crippen molar-refractivity contribution in [1.29, 1.82) is 0 Å². The third kappa shape index (κ3) is 3.71. The molecule has 0 aromatic carbocycles. The summed E-state index contributed by atoms with van der Waals surface area (Å²) in [4.78, 5) is 9.68. The second-order valence-electron chi connectivity index (χ2n) is 3.50. The second kappa shape index (κ2) is 6.20. The molecule has 1 N–H and O–H groups in total. The van der Waals surface area contributed by atoms with Crippen LogP contribution in [0.1, 0.15) is 18.2 Å². The zero-order valence-corrected chi connectivity index (χ0v) is 10.5. The first-order valence-corrected chi connectivity index (χ1v) is 6.48. The van der Waals surface area contributed by atoms with Crippen molar-refractivity contribution in [3.8, 4) is 5.88 Å². The van der Waals surface area contributed by atoms with Crippen molar-refractivity contribution in [3.05, 3.63) is 34.7 Å². The third-order valence-corrected chi connectivity index (χ3v) is 2.96. The Labute approximate surface area is 105 Å². The molecule has 2 heterocycles. The Morgan fingerprint density at radius 3 is 3.12 bits per heavy atom. The molecule has 2 rings (SSSR count). The Morgan fingerprint density at radius 2 is 2.35 bits per heavy atom. The van der Waals surface area contributed by atoms with Gasteiger partial charge in [0, 0.05) is 17.1 Å². The van der Waals surface area contributed by atoms with E-state index in [0.29, 0.717) is 18.4 Å². The molecule has 2 aromatic heterocycles. The summed E-state index contributed by atoms with van der Waals surface area (Å²) in [5, 5.41) is 5.23. The number of rotatable bonds is 6. The normalized spacial score (nSPS) is 10.2. The van der Waals surface area contributed by atoms with Gasteiger partial charge in [-0.05, 0) is 17.9 Å². The Hall–Kier alpha value is -1.62. The van der Waals surface area contributed by atoms with E-state index in [1.807, 2.05) is 6.07 Å². The summed E-state index contributed by atoms with van der Waals surface area (Å²) < 4.78 is 5.44. The molecule has 0 unspecified atom stereocenters. The Bertz CT molecular complexity index is 445. The van der Waals surface area contributed by atoms with Gasteiger partial charge in [-0.1, -0.05) is 13.0 Å². The van der Waals surface area contributed by atoms with Gasteiger partial charge in [0.1, 0.15) is 0 Å². The first-order chi connectivity index (χ1) is 8.38. The summed E-state index contributed by atoms with van der Waals surface area (Å²) >= 11 is 1.71. The van der Waals surface area contributed by atoms with Gasteiger partial charge < -0.3 is 10.1 Å². The van der Waals surface area contributed by atoms with Crippen molar-refractivity contribution in [2.24, 2.45) is 0 Å². The van der Waals surface area contributed by atoms with Crippen LogP contribution in [0, 0.1) is 0 Å². The van der Waals surface area contributed by atoms with E-state index in [0.717, 1.165) is 13.0 Å². The molecule has 4 nitrogen and oxygen atoms in total. The zero-order chi connectivity index (χ0) is 11.9. The summed E-state index contributed by atoms with van der Waals surface area (Å²) in [5.41, 5.74) is 0. The van der Waals surface area contributed by atoms with Gasteiger partial charge in [-0.25, -0.2) is 4.98 Å². The van der Waals surface area contributed by atoms with E-state index >= 15 is 0 Å². The molecule has 0 saturated carbocycles. The van der Waals surface area contributed by atoms with Gasteiger partial charge in [0.05, 0.1) is 13.2 Å². The Kier molecular flexibility index (Phi) is 4.32. The molecule has 0 aliphatic rings. The summed E-state index contributed by atoms with van der Waals surface area (Å²) in [5.74, 6) is 1.22. The van der Waals surface area contributed by atoms with Crippen molar-refractivity contribution < 1.29 is 4.74 Å². The SMILES string of the molecule is CCCOc1ccnc(NCc2cccs2)n1. The lowest BCUT2D eigenvalue weighted by Gasteiger charge is -2.06. The first kappa shape index (κ1) is 11.9. The number of aromatic nitrogens is 2. The van der Waals surface area contributed by atoms with E-state index in [4.69, 9.17) is 4.74 Å². The van der Waals surface area contributed by atoms with Crippen LogP contribution in [-0.2, 0) is 6.54 Å². The van der Waals surface area contributed by atoms with E-state index in [9.17, 15) is 0 Å². The van der Waals surface area contributed by atoms with Gasteiger partial charge in [-0.2, -0.15) is 4.98 Å². The van der Waals surface area contributed by atoms with Gasteiger partial charge in [-0.3, -0.25) is 0 Å². The van der Waals surface area contributed by atoms with E-state index in [1.54, 1.807) is 23.6 Å². The minimum absolute atomic E-state index is 0.604. The highest BCUT2D eigenvalue weighted by atomic mass is 32.1. The fourth-order valence-electron chi connectivity index (χ4n) is 1.29. The zero-order valence-electron chi connectivity index (χ0n) is 9.72. The number of hydrogen-bond donors (Lipinski definition) is 1. The van der Waals surface area contributed by atoms with Crippen LogP contribution in [0.4, 0.5) is 5.95 Å². The van der Waals surface area contributed by atoms with Crippen molar-refractivity contribution in [2.75, 3.05) is 11.9 Å². The second-order valence-corrected chi connectivity index (χ2v) is 4.53. The van der Waals surface area contributed by atoms with Crippen LogP contribution in [0.25, 0.3) is 0 Å². The average molecular weight is 249 g/mol. The Balaban J connectivity index is 1.91. The minimum Gasteiger partial charge on any atom is -0.478 e. The summed E-state index contributed by atoms with van der Waals surface area (Å²) in [6.45, 7) is 3.49. The first-order valence-electron chi connectivity index (χ1n) is 5.60. The lowest BCUT2D eigenvalue weighted by Crippen LogP contribution is -2.04. The summed E-state index contributed by atoms with van der Waals surface area (Å²) in [6.07, 6.45) is 2.68. The lowest BCUT2D eigenvalue weighted by molar-refractivity contribution is 0.305. The fourth-order valence-corrected chi connectivity index (χ4v) is 1.94. The topological polar surface area (TPSA) is 47.0 Å². The van der Waals surface area contributed by atoms with Crippen LogP contribution in [0.5, 0.6) is 5.88 Å². The van der Waals surface area contributed by atoms with Crippen molar-refractivity contribution in [2.45, 2.75) is 19.9 Å². The van der Waals surface area contributed by atoms with Gasteiger partial charge >= 0.3 is 0 Å². The van der Waals surface area contributed by atoms with Crippen LogP contribution in [0.2, 0.25) is 0 Å². The monoisotopic (exact) mass is 249 g/mol. The molecule has 0 atom stereocenters. The lowest BCUT2D eigenvalue weighted by atomic mass is 10.5. The summed E-state index contributed by atoms with van der Waals surface area (Å²) in [6, 6.07) is 5.88. The maximum absolute atomic E-state index is 5.44. The maximum atomic E-state index is 5.44. The molecule has 0 fully saturated rings. The molecule has 0 aliphatic carbocycles. The standard InChI is InChI=1S/C12H15N3OS/c1-2-7-16-11-5-6-13-12(15-11)14-9-10-4-3-8-17-10/h3-6,8H,2,7,9H2,1H3,(H,13,14,15). The van der Waals surface area contributed by atoms with Crippen LogP contribution in [-0.4, -0.2) is 16.6 Å². The molecule has 0 radical (unpaired) electrons. The highest BCUT2D eigenvalue weighted by Gasteiger charge is 2.00. The predicted molar refractivity (Wildman–Crippen MR) is 69.5 cm³/mol. The number of nitrogens with zero attached hydrogens (tertiary/aromatic N) is 2. The van der Waals surface area contributed by atoms with Crippen LogP contribution < -0.4 is 10.1 Å². The number of nitrogens with one attached hydrogen (secondary N) is 1. The van der Waals surface area contributed by atoms with Gasteiger partial charge in [0.25, 0.3) is 0 Å². The smallest absolute Gasteiger partial charge is 0.226 e. The quantitative estimate of drug-likeness (QED) is 0.855. The van der Waals surface area contributed by atoms with E-state index in [1.165, 1.54) is 4.88 Å². The van der Waals surface area contributed by atoms with E-state index in [2.05, 4.69) is 33.7 Å². The van der Waals surface area contributed by atoms with E-state index < -0.39 is 0 Å². The van der Waals surface area contributed by atoms with Crippen LogP contribution in [0.15, 0.2) is 29.8 Å². The van der Waals surface area contributed by atoms with Gasteiger partial charge in [-0.15, -0.1) is 11.3 Å². The van der Waals surface area contributed by atoms with Crippen molar-refractivity contribution in [1.82, 2.24) is 9.97 Å². The molecule has 0 spiro atoms. The van der Waals surface area contributed by atoms with E-state index in [-0.39, 0.29) is 0 Å². The number of anilines is 1. The molecule has 17 heavy (non-hydrogen) atoms. The molecule has 5 heteroatoms. The minimum atomic E-state index is 0.604. The summed E-state index contributed by atoms with van der Waals surface area (Å²) in [7, 11) is 0. The molecule has 2 aromatic rings. The molecular formula is C12H15N3OS. The highest BCUT2D eigenvalue weighted by Crippen LogP contribution is 2.12. The molecule has 90 valence electrons. The van der Waals surface area contributed by atoms with Gasteiger partial charge in [0.15, 0.2) is 0 Å². The number of hydrogen-bond acceptors (Lipinski definition) is 5. The van der Waals surface area contributed by atoms with Crippen LogP contribution >= 0.6 is 11.3 Å². The molecular weight excluding hydrogens is 234 g/mol. The molecule has 0 aliphatic heterocycles. The Morgan fingerprint density at radius 1 is 1.41 bits per heavy atom. The highest BCUT2D eigenvalue weighted by molar-refractivity contribution is 7.09. The fraction of sp³-hybridized carbons (Fsp3) is 0.333. The third-order valence-electron chi connectivity index (χ3n) is 2.08. The van der Waals surface area contributed by atoms with Gasteiger partial charge in [0.2, 0.25) is 11.8 Å². The molecule has 0 amide bonds. The predicted octanol–water partition coefficient (Wildman–Crippen LogP) is 2.94.